The van der Waals surface area contributed by atoms with E-state index in [1.807, 2.05) is 0 Å². The van der Waals surface area contributed by atoms with Crippen molar-refractivity contribution < 1.29 is 22.7 Å². The van der Waals surface area contributed by atoms with Gasteiger partial charge in [-0.3, -0.25) is 4.79 Å². The molecule has 2 radical (unpaired) electrons. The largest absolute Gasteiger partial charge is 0.468 e. The summed E-state index contributed by atoms with van der Waals surface area (Å²) in [6.45, 7) is 0.993. The van der Waals surface area contributed by atoms with Crippen LogP contribution in [0.25, 0.3) is 0 Å². The maximum absolute atomic E-state index is 12.6. The minimum Gasteiger partial charge on any atom is -0.468 e. The number of carbonyl (C=O) groups excluding carboxylic acids is 1. The summed E-state index contributed by atoms with van der Waals surface area (Å²) in [5, 5.41) is 6.16. The van der Waals surface area contributed by atoms with Crippen molar-refractivity contribution in [1.82, 2.24) is 15.0 Å². The summed E-state index contributed by atoms with van der Waals surface area (Å²) >= 11 is 0. The molecular weight excluding hydrogens is 276 g/mol. The first-order valence-corrected chi connectivity index (χ1v) is 5.81. The Morgan fingerprint density at radius 2 is 2.30 bits per heavy atom. The quantitative estimate of drug-likeness (QED) is 0.602. The minimum absolute atomic E-state index is 0.104. The lowest BCUT2D eigenvalue weighted by molar-refractivity contribution is -0.143. The molecule has 0 bridgehead atoms. The number of hydrogen-bond donors (Lipinski definition) is 1. The zero-order valence-electron chi connectivity index (χ0n) is 10.6. The van der Waals surface area contributed by atoms with Gasteiger partial charge in [0.2, 0.25) is 0 Å². The van der Waals surface area contributed by atoms with Gasteiger partial charge in [-0.05, 0) is 0 Å². The van der Waals surface area contributed by atoms with Crippen molar-refractivity contribution in [3.05, 3.63) is 11.8 Å². The van der Waals surface area contributed by atoms with Crippen LogP contribution in [0.4, 0.5) is 19.0 Å². The van der Waals surface area contributed by atoms with Gasteiger partial charge in [-0.15, -0.1) is 0 Å². The van der Waals surface area contributed by atoms with Crippen LogP contribution in [-0.2, 0) is 15.7 Å². The Morgan fingerprint density at radius 1 is 1.60 bits per heavy atom. The number of anilines is 1. The second-order valence-electron chi connectivity index (χ2n) is 4.31. The number of aromatic nitrogens is 2. The van der Waals surface area contributed by atoms with Crippen molar-refractivity contribution in [2.24, 2.45) is 0 Å². The molecule has 1 aliphatic rings. The Hall–Kier alpha value is -1.71. The molecule has 1 atom stereocenters. The lowest BCUT2D eigenvalue weighted by Gasteiger charge is -2.33. The summed E-state index contributed by atoms with van der Waals surface area (Å²) in [6, 6.07) is 0.248. The topological polar surface area (TPSA) is 59.4 Å². The summed E-state index contributed by atoms with van der Waals surface area (Å²) < 4.78 is 43.0. The molecule has 1 fully saturated rings. The van der Waals surface area contributed by atoms with Crippen LogP contribution in [0.3, 0.4) is 0 Å². The van der Waals surface area contributed by atoms with Gasteiger partial charge in [-0.25, -0.2) is 0 Å². The molecule has 0 spiro atoms. The third kappa shape index (κ3) is 2.89. The molecule has 1 aromatic heterocycles. The number of piperazine rings is 1. The van der Waals surface area contributed by atoms with Crippen LogP contribution < -0.4 is 10.2 Å². The molecular formula is C10H12BF3N4O2. The van der Waals surface area contributed by atoms with E-state index in [4.69, 9.17) is 7.98 Å². The highest BCUT2D eigenvalue weighted by Gasteiger charge is 2.36. The molecule has 2 heterocycles. The third-order valence-electron chi connectivity index (χ3n) is 2.99. The molecule has 1 unspecified atom stereocenters. The van der Waals surface area contributed by atoms with E-state index in [2.05, 4.69) is 15.2 Å². The van der Waals surface area contributed by atoms with E-state index < -0.39 is 23.9 Å². The van der Waals surface area contributed by atoms with Crippen molar-refractivity contribution in [1.29, 1.82) is 0 Å². The average molecular weight is 288 g/mol. The lowest BCUT2D eigenvalue weighted by Crippen LogP contribution is -2.55. The monoisotopic (exact) mass is 288 g/mol. The van der Waals surface area contributed by atoms with Crippen molar-refractivity contribution in [3.8, 4) is 0 Å². The summed E-state index contributed by atoms with van der Waals surface area (Å²) in [6.07, 6.45) is -4.56. The number of nitrogens with zero attached hydrogens (tertiary/aromatic N) is 3. The van der Waals surface area contributed by atoms with Crippen molar-refractivity contribution >= 4 is 19.8 Å². The van der Waals surface area contributed by atoms with Gasteiger partial charge < -0.3 is 19.5 Å². The van der Waals surface area contributed by atoms with E-state index in [9.17, 15) is 18.0 Å². The number of methoxy groups -OCH3 is 1. The molecule has 6 nitrogen and oxygen atoms in total. The number of alkyl halides is 3. The summed E-state index contributed by atoms with van der Waals surface area (Å²) in [5.41, 5.74) is -1.07. The number of esters is 1. The Bertz CT molecular complexity index is 505. The first-order valence-electron chi connectivity index (χ1n) is 5.81. The molecule has 0 aromatic carbocycles. The maximum atomic E-state index is 12.6. The Morgan fingerprint density at radius 3 is 2.85 bits per heavy atom. The fourth-order valence-corrected chi connectivity index (χ4v) is 2.02. The van der Waals surface area contributed by atoms with E-state index in [-0.39, 0.29) is 12.4 Å². The average Bonchev–Trinajstić information content (AvgIpc) is 2.80. The number of rotatable bonds is 2. The van der Waals surface area contributed by atoms with Gasteiger partial charge in [0.05, 0.1) is 7.11 Å². The van der Waals surface area contributed by atoms with Crippen LogP contribution in [0.5, 0.6) is 0 Å². The molecule has 0 aliphatic carbocycles. The molecule has 1 aliphatic heterocycles. The third-order valence-corrected chi connectivity index (χ3v) is 2.99. The fraction of sp³-hybridized carbons (Fsp3) is 0.600. The highest BCUT2D eigenvalue weighted by molar-refractivity contribution is 6.07. The van der Waals surface area contributed by atoms with Crippen LogP contribution in [0, 0.1) is 0 Å². The van der Waals surface area contributed by atoms with Crippen molar-refractivity contribution in [3.63, 3.8) is 0 Å². The van der Waals surface area contributed by atoms with Gasteiger partial charge in [0.1, 0.15) is 11.9 Å². The number of hydrogen-bond acceptors (Lipinski definition) is 5. The minimum atomic E-state index is -4.56. The highest BCUT2D eigenvalue weighted by Crippen LogP contribution is 2.30. The number of nitrogens with one attached hydrogen (secondary N) is 1. The lowest BCUT2D eigenvalue weighted by atomic mass is 10.2. The SMILES string of the molecule is [B]n1nc(C(F)(F)F)cc1N1CCNC(C(=O)OC)C1. The summed E-state index contributed by atoms with van der Waals surface area (Å²) in [7, 11) is 6.70. The van der Waals surface area contributed by atoms with Gasteiger partial charge in [0.15, 0.2) is 5.69 Å². The molecule has 108 valence electrons. The van der Waals surface area contributed by atoms with E-state index in [0.717, 1.165) is 6.07 Å². The van der Waals surface area contributed by atoms with Gasteiger partial charge >= 0.3 is 12.1 Å². The van der Waals surface area contributed by atoms with Crippen LogP contribution in [0.2, 0.25) is 0 Å². The van der Waals surface area contributed by atoms with E-state index in [1.165, 1.54) is 7.11 Å². The molecule has 2 rings (SSSR count). The first-order chi connectivity index (χ1) is 9.32. The normalized spacial score (nSPS) is 20.0. The van der Waals surface area contributed by atoms with Crippen molar-refractivity contribution in [2.45, 2.75) is 12.2 Å². The molecule has 0 amide bonds. The Labute approximate surface area is 114 Å². The summed E-state index contributed by atoms with van der Waals surface area (Å²) in [4.78, 5) is 13.0. The van der Waals surface area contributed by atoms with E-state index >= 15 is 0 Å². The van der Waals surface area contributed by atoms with E-state index in [0.29, 0.717) is 17.7 Å². The summed E-state index contributed by atoms with van der Waals surface area (Å²) in [5.74, 6) is -0.374. The maximum Gasteiger partial charge on any atom is 0.435 e. The van der Waals surface area contributed by atoms with Crippen LogP contribution in [0.15, 0.2) is 6.07 Å². The van der Waals surface area contributed by atoms with Gasteiger partial charge in [-0.1, -0.05) is 0 Å². The Balaban J connectivity index is 2.19. The van der Waals surface area contributed by atoms with Gasteiger partial charge in [0.25, 0.3) is 7.98 Å². The molecule has 1 aromatic rings. The smallest absolute Gasteiger partial charge is 0.435 e. The Kier molecular flexibility index (Phi) is 3.93. The van der Waals surface area contributed by atoms with Crippen LogP contribution in [-0.4, -0.2) is 56.4 Å². The highest BCUT2D eigenvalue weighted by atomic mass is 19.4. The molecule has 1 saturated heterocycles. The fourth-order valence-electron chi connectivity index (χ4n) is 2.02. The second-order valence-corrected chi connectivity index (χ2v) is 4.31. The predicted octanol–water partition coefficient (Wildman–Crippen LogP) is -0.215. The molecule has 1 N–H and O–H groups in total. The molecule has 20 heavy (non-hydrogen) atoms. The second kappa shape index (κ2) is 5.35. The van der Waals surface area contributed by atoms with Crippen molar-refractivity contribution in [2.75, 3.05) is 31.6 Å². The molecule has 0 saturated carbocycles. The van der Waals surface area contributed by atoms with Gasteiger partial charge in [-0.2, -0.15) is 18.3 Å². The van der Waals surface area contributed by atoms with Gasteiger partial charge in [0, 0.05) is 25.7 Å². The molecule has 10 heteroatoms. The van der Waals surface area contributed by atoms with Crippen LogP contribution in [0.1, 0.15) is 5.69 Å². The van der Waals surface area contributed by atoms with E-state index in [1.54, 1.807) is 4.90 Å². The van der Waals surface area contributed by atoms with Crippen LogP contribution >= 0.6 is 0 Å². The zero-order valence-corrected chi connectivity index (χ0v) is 10.6. The standard InChI is InChI=1S/C10H12BF3N4O2/c1-20-9(19)6-5-17(3-2-15-6)8-4-7(10(12,13)14)16-18(8)11/h4,6,15H,2-3,5H2,1H3. The zero-order chi connectivity index (χ0) is 14.9. The number of halogens is 3. The predicted molar refractivity (Wildman–Crippen MR) is 64.4 cm³/mol. The number of ether oxygens (including phenoxy) is 1. The first kappa shape index (κ1) is 14.7. The number of carbonyl (C=O) groups is 1.